The number of rotatable bonds is 2. The van der Waals surface area contributed by atoms with Gasteiger partial charge in [0.1, 0.15) is 0 Å². The van der Waals surface area contributed by atoms with Crippen molar-refractivity contribution in [1.82, 2.24) is 4.57 Å². The highest BCUT2D eigenvalue weighted by Crippen LogP contribution is 2.32. The SMILES string of the molecule is Cc1ccc(-n2[c-][n+](C)c3ccccc32)c(C)c1-c1ccccc1. The van der Waals surface area contributed by atoms with Crippen molar-refractivity contribution >= 4 is 11.0 Å². The average Bonchev–Trinajstić information content (AvgIpc) is 2.93. The van der Waals surface area contributed by atoms with Crippen molar-refractivity contribution in [3.05, 3.63) is 84.2 Å². The number of aryl methyl sites for hydroxylation is 2. The molecule has 118 valence electrons. The van der Waals surface area contributed by atoms with Gasteiger partial charge in [-0.15, -0.1) is 0 Å². The Labute approximate surface area is 142 Å². The molecule has 0 aliphatic rings. The molecule has 0 fully saturated rings. The van der Waals surface area contributed by atoms with Gasteiger partial charge in [0.15, 0.2) is 0 Å². The van der Waals surface area contributed by atoms with Gasteiger partial charge in [0, 0.05) is 0 Å². The number of benzene rings is 3. The lowest BCUT2D eigenvalue weighted by Gasteiger charge is -2.16. The Bertz CT molecular complexity index is 1030. The number of imidazole rings is 1. The van der Waals surface area contributed by atoms with Crippen LogP contribution in [0.4, 0.5) is 0 Å². The van der Waals surface area contributed by atoms with Gasteiger partial charge in [-0.1, -0.05) is 66.7 Å². The minimum absolute atomic E-state index is 1.17. The Hall–Kier alpha value is -2.87. The first kappa shape index (κ1) is 14.7. The van der Waals surface area contributed by atoms with Crippen molar-refractivity contribution in [3.8, 4) is 16.8 Å². The molecule has 2 nitrogen and oxygen atoms in total. The molecular weight excluding hydrogens is 292 g/mol. The van der Waals surface area contributed by atoms with Crippen LogP contribution < -0.4 is 4.57 Å². The van der Waals surface area contributed by atoms with Crippen LogP contribution in [0.15, 0.2) is 66.7 Å². The Morgan fingerprint density at radius 2 is 1.54 bits per heavy atom. The summed E-state index contributed by atoms with van der Waals surface area (Å²) in [6, 6.07) is 23.4. The van der Waals surface area contributed by atoms with Crippen molar-refractivity contribution in [2.75, 3.05) is 0 Å². The van der Waals surface area contributed by atoms with Crippen LogP contribution >= 0.6 is 0 Å². The lowest BCUT2D eigenvalue weighted by molar-refractivity contribution is -0.649. The topological polar surface area (TPSA) is 8.81 Å². The molecule has 4 rings (SSSR count). The second-order valence-electron chi connectivity index (χ2n) is 6.25. The summed E-state index contributed by atoms with van der Waals surface area (Å²) in [7, 11) is 2.04. The van der Waals surface area contributed by atoms with E-state index in [9.17, 15) is 0 Å². The predicted octanol–water partition coefficient (Wildman–Crippen LogP) is 4.54. The summed E-state index contributed by atoms with van der Waals surface area (Å²) in [6.45, 7) is 4.38. The van der Waals surface area contributed by atoms with Gasteiger partial charge in [0.05, 0.1) is 23.8 Å². The van der Waals surface area contributed by atoms with Gasteiger partial charge in [-0.2, -0.15) is 0 Å². The van der Waals surface area contributed by atoms with E-state index in [1.54, 1.807) is 0 Å². The summed E-state index contributed by atoms with van der Waals surface area (Å²) in [5.74, 6) is 0. The summed E-state index contributed by atoms with van der Waals surface area (Å²) >= 11 is 0. The maximum Gasteiger partial charge on any atom is 0.244 e. The standard InChI is InChI=1S/C22H20N2/c1-16-13-14-19(17(2)22(16)18-9-5-4-6-10-18)24-15-23(3)20-11-7-8-12-21(20)24/h4-14H,1-3H3. The first-order valence-electron chi connectivity index (χ1n) is 8.21. The zero-order chi connectivity index (χ0) is 16.7. The Morgan fingerprint density at radius 1 is 0.833 bits per heavy atom. The third kappa shape index (κ3) is 2.23. The molecule has 0 aliphatic carbocycles. The van der Waals surface area contributed by atoms with Crippen LogP contribution in [0.25, 0.3) is 27.8 Å². The second kappa shape index (κ2) is 5.64. The third-order valence-corrected chi connectivity index (χ3v) is 4.68. The minimum atomic E-state index is 1.17. The largest absolute Gasteiger partial charge is 0.319 e. The molecule has 24 heavy (non-hydrogen) atoms. The fourth-order valence-electron chi connectivity index (χ4n) is 3.51. The van der Waals surface area contributed by atoms with Gasteiger partial charge in [0.25, 0.3) is 0 Å². The molecule has 0 spiro atoms. The van der Waals surface area contributed by atoms with Crippen LogP contribution in [0.3, 0.4) is 0 Å². The van der Waals surface area contributed by atoms with E-state index in [4.69, 9.17) is 0 Å². The molecule has 4 aromatic rings. The van der Waals surface area contributed by atoms with E-state index in [2.05, 4.69) is 96.0 Å². The molecule has 3 aromatic carbocycles. The van der Waals surface area contributed by atoms with E-state index in [1.165, 1.54) is 39.0 Å². The molecule has 0 bridgehead atoms. The quantitative estimate of drug-likeness (QED) is 0.379. The highest BCUT2D eigenvalue weighted by molar-refractivity contribution is 5.78. The summed E-state index contributed by atoms with van der Waals surface area (Å²) in [4.78, 5) is 0. The molecule has 0 saturated carbocycles. The molecule has 0 amide bonds. The molecule has 0 atom stereocenters. The van der Waals surface area contributed by atoms with Gasteiger partial charge >= 0.3 is 0 Å². The first-order valence-corrected chi connectivity index (χ1v) is 8.21. The lowest BCUT2D eigenvalue weighted by Crippen LogP contribution is -2.26. The Kier molecular flexibility index (Phi) is 3.46. The highest BCUT2D eigenvalue weighted by Gasteiger charge is 2.13. The van der Waals surface area contributed by atoms with Crippen molar-refractivity contribution in [2.24, 2.45) is 7.05 Å². The zero-order valence-corrected chi connectivity index (χ0v) is 14.2. The van der Waals surface area contributed by atoms with Crippen LogP contribution in [0.5, 0.6) is 0 Å². The lowest BCUT2D eigenvalue weighted by atomic mass is 9.94. The van der Waals surface area contributed by atoms with E-state index in [-0.39, 0.29) is 0 Å². The summed E-state index contributed by atoms with van der Waals surface area (Å²) in [6.07, 6.45) is 3.44. The number of fused-ring (bicyclic) bond motifs is 1. The van der Waals surface area contributed by atoms with Crippen LogP contribution in [0.2, 0.25) is 0 Å². The Balaban J connectivity index is 2.00. The number of hydrogen-bond acceptors (Lipinski definition) is 0. The van der Waals surface area contributed by atoms with E-state index in [1.807, 2.05) is 7.05 Å². The predicted molar refractivity (Wildman–Crippen MR) is 98.2 cm³/mol. The number of hydrogen-bond donors (Lipinski definition) is 0. The Morgan fingerprint density at radius 3 is 2.33 bits per heavy atom. The normalized spacial score (nSPS) is 11.1. The molecular formula is C22H20N2. The van der Waals surface area contributed by atoms with Crippen LogP contribution in [0.1, 0.15) is 11.1 Å². The highest BCUT2D eigenvalue weighted by atomic mass is 15.1. The van der Waals surface area contributed by atoms with Crippen LogP contribution in [0, 0.1) is 20.2 Å². The molecule has 0 N–H and O–H groups in total. The van der Waals surface area contributed by atoms with E-state index in [0.717, 1.165) is 0 Å². The van der Waals surface area contributed by atoms with Gasteiger partial charge in [-0.05, 0) is 36.1 Å². The summed E-state index contributed by atoms with van der Waals surface area (Å²) in [5.41, 5.74) is 8.67. The van der Waals surface area contributed by atoms with Crippen LogP contribution in [-0.2, 0) is 7.05 Å². The van der Waals surface area contributed by atoms with Gasteiger partial charge in [-0.25, -0.2) is 0 Å². The van der Waals surface area contributed by atoms with Gasteiger partial charge < -0.3 is 9.13 Å². The fraction of sp³-hybridized carbons (Fsp3) is 0.136. The molecule has 1 aromatic heterocycles. The number of para-hydroxylation sites is 2. The van der Waals surface area contributed by atoms with Crippen molar-refractivity contribution in [1.29, 1.82) is 0 Å². The summed E-state index contributed by atoms with van der Waals surface area (Å²) < 4.78 is 4.22. The van der Waals surface area contributed by atoms with Crippen LogP contribution in [-0.4, -0.2) is 4.57 Å². The number of aromatic nitrogens is 2. The summed E-state index contributed by atoms with van der Waals surface area (Å²) in [5, 5.41) is 0. The number of nitrogens with zero attached hydrogens (tertiary/aromatic N) is 2. The monoisotopic (exact) mass is 312 g/mol. The minimum Gasteiger partial charge on any atom is -0.319 e. The molecule has 2 heteroatoms. The molecule has 0 aliphatic heterocycles. The molecule has 1 heterocycles. The first-order chi connectivity index (χ1) is 11.7. The van der Waals surface area contributed by atoms with Gasteiger partial charge in [-0.3, -0.25) is 0 Å². The van der Waals surface area contributed by atoms with Gasteiger partial charge in [0.2, 0.25) is 6.33 Å². The van der Waals surface area contributed by atoms with Crippen molar-refractivity contribution in [3.63, 3.8) is 0 Å². The second-order valence-corrected chi connectivity index (χ2v) is 6.25. The van der Waals surface area contributed by atoms with E-state index >= 15 is 0 Å². The average molecular weight is 312 g/mol. The van der Waals surface area contributed by atoms with E-state index < -0.39 is 0 Å². The zero-order valence-electron chi connectivity index (χ0n) is 14.2. The van der Waals surface area contributed by atoms with Crippen molar-refractivity contribution in [2.45, 2.75) is 13.8 Å². The fourth-order valence-corrected chi connectivity index (χ4v) is 3.51. The molecule has 0 unspecified atom stereocenters. The molecule has 0 saturated heterocycles. The third-order valence-electron chi connectivity index (χ3n) is 4.68. The smallest absolute Gasteiger partial charge is 0.244 e. The van der Waals surface area contributed by atoms with Crippen molar-refractivity contribution < 1.29 is 4.57 Å². The molecule has 0 radical (unpaired) electrons. The maximum atomic E-state index is 3.44. The maximum absolute atomic E-state index is 3.44. The van der Waals surface area contributed by atoms with E-state index in [0.29, 0.717) is 0 Å².